The average molecular weight is 387 g/mol. The summed E-state index contributed by atoms with van der Waals surface area (Å²) in [4.78, 5) is 32.3. The maximum Gasteiger partial charge on any atom is 0.312 e. The van der Waals surface area contributed by atoms with E-state index in [9.17, 15) is 9.59 Å². The summed E-state index contributed by atoms with van der Waals surface area (Å²) in [6.07, 6.45) is 6.18. The molecule has 0 aliphatic carbocycles. The standard InChI is InChI=1S/C20H26N4O2S/c1-2-3-4-5-11-23-12-13-24(19(26)18(23)25)15-16-6-8-17(9-7-16)22-20-21-10-14-27-20/h6-10,14H,2-5,11-13,15H2,1H3,(H,21,22). The van der Waals surface area contributed by atoms with Crippen LogP contribution in [0, 0.1) is 0 Å². The van der Waals surface area contributed by atoms with Crippen molar-refractivity contribution in [2.75, 3.05) is 25.0 Å². The van der Waals surface area contributed by atoms with Crippen LogP contribution >= 0.6 is 11.3 Å². The van der Waals surface area contributed by atoms with Gasteiger partial charge < -0.3 is 15.1 Å². The van der Waals surface area contributed by atoms with Gasteiger partial charge in [0.2, 0.25) is 0 Å². The van der Waals surface area contributed by atoms with Gasteiger partial charge in [-0.15, -0.1) is 11.3 Å². The van der Waals surface area contributed by atoms with Gasteiger partial charge in [-0.2, -0.15) is 0 Å². The highest BCUT2D eigenvalue weighted by Gasteiger charge is 2.31. The number of piperazine rings is 1. The van der Waals surface area contributed by atoms with Crippen molar-refractivity contribution in [2.45, 2.75) is 39.2 Å². The molecule has 1 aliphatic rings. The number of hydrogen-bond acceptors (Lipinski definition) is 5. The predicted molar refractivity (Wildman–Crippen MR) is 108 cm³/mol. The number of benzene rings is 1. The van der Waals surface area contributed by atoms with E-state index in [0.29, 0.717) is 26.2 Å². The van der Waals surface area contributed by atoms with Gasteiger partial charge in [-0.1, -0.05) is 38.3 Å². The fourth-order valence-electron chi connectivity index (χ4n) is 3.13. The van der Waals surface area contributed by atoms with Crippen LogP contribution in [0.1, 0.15) is 38.2 Å². The van der Waals surface area contributed by atoms with E-state index in [2.05, 4.69) is 17.2 Å². The molecule has 0 saturated carbocycles. The van der Waals surface area contributed by atoms with Crippen LogP contribution in [0.25, 0.3) is 0 Å². The highest BCUT2D eigenvalue weighted by atomic mass is 32.1. The molecule has 1 N–H and O–H groups in total. The first-order valence-corrected chi connectivity index (χ1v) is 10.4. The van der Waals surface area contributed by atoms with Gasteiger partial charge in [0.25, 0.3) is 0 Å². The topological polar surface area (TPSA) is 65.5 Å². The molecule has 3 rings (SSSR count). The van der Waals surface area contributed by atoms with Crippen molar-refractivity contribution in [3.63, 3.8) is 0 Å². The maximum atomic E-state index is 12.4. The van der Waals surface area contributed by atoms with Gasteiger partial charge in [-0.05, 0) is 24.1 Å². The minimum atomic E-state index is -0.387. The number of thiazole rings is 1. The van der Waals surface area contributed by atoms with Crippen LogP contribution < -0.4 is 5.32 Å². The lowest BCUT2D eigenvalue weighted by molar-refractivity contribution is -0.156. The Bertz CT molecular complexity index is 746. The van der Waals surface area contributed by atoms with E-state index < -0.39 is 0 Å². The molecule has 0 radical (unpaired) electrons. The van der Waals surface area contributed by atoms with Crippen molar-refractivity contribution in [3.05, 3.63) is 41.4 Å². The summed E-state index contributed by atoms with van der Waals surface area (Å²) in [6.45, 7) is 4.54. The molecule has 1 aliphatic heterocycles. The minimum Gasteiger partial charge on any atom is -0.333 e. The third-order valence-electron chi connectivity index (χ3n) is 4.69. The number of nitrogens with one attached hydrogen (secondary N) is 1. The molecule has 0 atom stereocenters. The number of carbonyl (C=O) groups is 2. The zero-order valence-electron chi connectivity index (χ0n) is 15.7. The number of nitrogens with zero attached hydrogens (tertiary/aromatic N) is 3. The molecular weight excluding hydrogens is 360 g/mol. The molecule has 2 heterocycles. The number of hydrogen-bond donors (Lipinski definition) is 1. The molecule has 7 heteroatoms. The number of unbranched alkanes of at least 4 members (excludes halogenated alkanes) is 3. The predicted octanol–water partition coefficient (Wildman–Crippen LogP) is 3.64. The first kappa shape index (κ1) is 19.4. The molecule has 144 valence electrons. The van der Waals surface area contributed by atoms with E-state index in [1.165, 1.54) is 12.8 Å². The molecule has 1 aromatic carbocycles. The Morgan fingerprint density at radius 3 is 2.48 bits per heavy atom. The van der Waals surface area contributed by atoms with Gasteiger partial charge in [0.15, 0.2) is 5.13 Å². The van der Waals surface area contributed by atoms with Crippen molar-refractivity contribution in [2.24, 2.45) is 0 Å². The smallest absolute Gasteiger partial charge is 0.312 e. The summed E-state index contributed by atoms with van der Waals surface area (Å²) in [5.74, 6) is -0.749. The Balaban J connectivity index is 1.51. The number of anilines is 2. The van der Waals surface area contributed by atoms with Gasteiger partial charge in [-0.3, -0.25) is 9.59 Å². The third kappa shape index (κ3) is 5.29. The van der Waals surface area contributed by atoms with Crippen molar-refractivity contribution in [1.82, 2.24) is 14.8 Å². The Kier molecular flexibility index (Phi) is 6.81. The maximum absolute atomic E-state index is 12.4. The number of amides is 2. The Labute approximate surface area is 164 Å². The van der Waals surface area contributed by atoms with E-state index in [0.717, 1.165) is 29.2 Å². The molecule has 27 heavy (non-hydrogen) atoms. The van der Waals surface area contributed by atoms with E-state index in [1.54, 1.807) is 27.3 Å². The summed E-state index contributed by atoms with van der Waals surface area (Å²) in [5, 5.41) is 6.00. The Hall–Kier alpha value is -2.41. The number of carbonyl (C=O) groups excluding carboxylic acids is 2. The number of rotatable bonds is 9. The van der Waals surface area contributed by atoms with E-state index in [-0.39, 0.29) is 11.8 Å². The fourth-order valence-corrected chi connectivity index (χ4v) is 3.68. The van der Waals surface area contributed by atoms with Crippen molar-refractivity contribution < 1.29 is 9.59 Å². The average Bonchev–Trinajstić information content (AvgIpc) is 3.19. The van der Waals surface area contributed by atoms with Crippen LogP contribution in [0.5, 0.6) is 0 Å². The minimum absolute atomic E-state index is 0.361. The van der Waals surface area contributed by atoms with Gasteiger partial charge in [-0.25, -0.2) is 4.98 Å². The van der Waals surface area contributed by atoms with Crippen LogP contribution in [0.2, 0.25) is 0 Å². The largest absolute Gasteiger partial charge is 0.333 e. The normalized spacial score (nSPS) is 14.7. The van der Waals surface area contributed by atoms with Crippen molar-refractivity contribution in [1.29, 1.82) is 0 Å². The second kappa shape index (κ2) is 9.50. The first-order chi connectivity index (χ1) is 13.2. The van der Waals surface area contributed by atoms with Gasteiger partial charge in [0.1, 0.15) is 0 Å². The lowest BCUT2D eigenvalue weighted by atomic mass is 10.1. The van der Waals surface area contributed by atoms with Crippen LogP contribution in [0.4, 0.5) is 10.8 Å². The Morgan fingerprint density at radius 2 is 1.78 bits per heavy atom. The van der Waals surface area contributed by atoms with Gasteiger partial charge >= 0.3 is 11.8 Å². The highest BCUT2D eigenvalue weighted by molar-refractivity contribution is 7.13. The van der Waals surface area contributed by atoms with Crippen LogP contribution in [0.3, 0.4) is 0 Å². The first-order valence-electron chi connectivity index (χ1n) is 9.51. The molecule has 2 aromatic rings. The third-order valence-corrected chi connectivity index (χ3v) is 5.38. The molecule has 1 fully saturated rings. The number of aromatic nitrogens is 1. The molecule has 1 aromatic heterocycles. The molecule has 2 amide bonds. The molecule has 0 bridgehead atoms. The summed E-state index contributed by atoms with van der Waals surface area (Å²) in [6, 6.07) is 7.88. The zero-order chi connectivity index (χ0) is 19.1. The fraction of sp³-hybridized carbons (Fsp3) is 0.450. The van der Waals surface area contributed by atoms with Crippen molar-refractivity contribution in [3.8, 4) is 0 Å². The zero-order valence-corrected chi connectivity index (χ0v) is 16.5. The monoisotopic (exact) mass is 386 g/mol. The quantitative estimate of drug-likeness (QED) is 0.528. The lowest BCUT2D eigenvalue weighted by Gasteiger charge is -2.33. The second-order valence-corrected chi connectivity index (χ2v) is 7.63. The second-order valence-electron chi connectivity index (χ2n) is 6.74. The van der Waals surface area contributed by atoms with Crippen LogP contribution in [-0.4, -0.2) is 46.2 Å². The summed E-state index contributed by atoms with van der Waals surface area (Å²) in [5.41, 5.74) is 1.96. The van der Waals surface area contributed by atoms with Crippen molar-refractivity contribution >= 4 is 34.0 Å². The van der Waals surface area contributed by atoms with Crippen LogP contribution in [-0.2, 0) is 16.1 Å². The summed E-state index contributed by atoms with van der Waals surface area (Å²) >= 11 is 1.54. The molecule has 6 nitrogen and oxygen atoms in total. The van der Waals surface area contributed by atoms with E-state index >= 15 is 0 Å². The van der Waals surface area contributed by atoms with E-state index in [1.807, 2.05) is 29.6 Å². The van der Waals surface area contributed by atoms with Crippen LogP contribution in [0.15, 0.2) is 35.8 Å². The molecular formula is C20H26N4O2S. The highest BCUT2D eigenvalue weighted by Crippen LogP contribution is 2.20. The Morgan fingerprint density at radius 1 is 1.04 bits per heavy atom. The summed E-state index contributed by atoms with van der Waals surface area (Å²) in [7, 11) is 0. The molecule has 0 spiro atoms. The SMILES string of the molecule is CCCCCCN1CCN(Cc2ccc(Nc3nccs3)cc2)C(=O)C1=O. The van der Waals surface area contributed by atoms with E-state index in [4.69, 9.17) is 0 Å². The molecule has 0 unspecified atom stereocenters. The lowest BCUT2D eigenvalue weighted by Crippen LogP contribution is -2.54. The summed E-state index contributed by atoms with van der Waals surface area (Å²) < 4.78 is 0. The van der Waals surface area contributed by atoms with Gasteiger partial charge in [0.05, 0.1) is 0 Å². The molecule has 1 saturated heterocycles. The van der Waals surface area contributed by atoms with Gasteiger partial charge in [0, 0.05) is 43.4 Å².